The molecule has 0 aliphatic rings. The van der Waals surface area contributed by atoms with Crippen LogP contribution >= 0.6 is 24.0 Å². The second-order valence-corrected chi connectivity index (χ2v) is 3.79. The SMILES string of the molecule is CCCCCNC(=NC)NCc1nc(C)no1.I. The van der Waals surface area contributed by atoms with E-state index >= 15 is 0 Å². The highest BCUT2D eigenvalue weighted by molar-refractivity contribution is 14.0. The first-order chi connectivity index (χ1) is 8.26. The van der Waals surface area contributed by atoms with Crippen molar-refractivity contribution < 1.29 is 4.52 Å². The predicted octanol–water partition coefficient (Wildman–Crippen LogP) is 1.85. The highest BCUT2D eigenvalue weighted by atomic mass is 127. The van der Waals surface area contributed by atoms with Gasteiger partial charge in [-0.05, 0) is 13.3 Å². The van der Waals surface area contributed by atoms with Gasteiger partial charge in [0.1, 0.15) is 0 Å². The Morgan fingerprint density at radius 2 is 2.11 bits per heavy atom. The maximum atomic E-state index is 5.00. The molecule has 104 valence electrons. The van der Waals surface area contributed by atoms with E-state index in [4.69, 9.17) is 4.52 Å². The van der Waals surface area contributed by atoms with Gasteiger partial charge in [0.05, 0.1) is 6.54 Å². The van der Waals surface area contributed by atoms with E-state index in [0.717, 1.165) is 18.9 Å². The Bertz CT molecular complexity index is 353. The second-order valence-electron chi connectivity index (χ2n) is 3.79. The zero-order chi connectivity index (χ0) is 12.5. The summed E-state index contributed by atoms with van der Waals surface area (Å²) in [5.74, 6) is 1.98. The third-order valence-corrected chi connectivity index (χ3v) is 2.27. The summed E-state index contributed by atoms with van der Waals surface area (Å²) in [6.07, 6.45) is 3.60. The number of aryl methyl sites for hydroxylation is 1. The van der Waals surface area contributed by atoms with Crippen molar-refractivity contribution in [2.24, 2.45) is 4.99 Å². The lowest BCUT2D eigenvalue weighted by molar-refractivity contribution is 0.371. The summed E-state index contributed by atoms with van der Waals surface area (Å²) in [6.45, 7) is 5.40. The van der Waals surface area contributed by atoms with Gasteiger partial charge in [0, 0.05) is 13.6 Å². The third kappa shape index (κ3) is 6.77. The second kappa shape index (κ2) is 10.1. The molecule has 7 heteroatoms. The molecule has 0 unspecified atom stereocenters. The maximum absolute atomic E-state index is 5.00. The molecule has 2 N–H and O–H groups in total. The predicted molar refractivity (Wildman–Crippen MR) is 82.2 cm³/mol. The molecule has 1 aromatic heterocycles. The third-order valence-electron chi connectivity index (χ3n) is 2.27. The highest BCUT2D eigenvalue weighted by Gasteiger charge is 2.03. The van der Waals surface area contributed by atoms with Gasteiger partial charge >= 0.3 is 0 Å². The van der Waals surface area contributed by atoms with Crippen molar-refractivity contribution in [2.45, 2.75) is 39.7 Å². The minimum atomic E-state index is 0. The first-order valence-electron chi connectivity index (χ1n) is 6.00. The lowest BCUT2D eigenvalue weighted by Crippen LogP contribution is -2.37. The van der Waals surface area contributed by atoms with Crippen molar-refractivity contribution in [1.29, 1.82) is 0 Å². The fraction of sp³-hybridized carbons (Fsp3) is 0.727. The lowest BCUT2D eigenvalue weighted by Gasteiger charge is -2.09. The maximum Gasteiger partial charge on any atom is 0.246 e. The van der Waals surface area contributed by atoms with Crippen LogP contribution in [0.3, 0.4) is 0 Å². The van der Waals surface area contributed by atoms with Crippen LogP contribution in [-0.2, 0) is 6.54 Å². The number of hydrogen-bond acceptors (Lipinski definition) is 4. The summed E-state index contributed by atoms with van der Waals surface area (Å²) in [4.78, 5) is 8.22. The number of aromatic nitrogens is 2. The zero-order valence-corrected chi connectivity index (χ0v) is 13.5. The largest absolute Gasteiger partial charge is 0.356 e. The lowest BCUT2D eigenvalue weighted by atomic mass is 10.2. The fourth-order valence-electron chi connectivity index (χ4n) is 1.37. The molecule has 0 aliphatic heterocycles. The van der Waals surface area contributed by atoms with Gasteiger partial charge in [-0.2, -0.15) is 4.98 Å². The first-order valence-corrected chi connectivity index (χ1v) is 6.00. The van der Waals surface area contributed by atoms with E-state index in [1.165, 1.54) is 12.8 Å². The van der Waals surface area contributed by atoms with Crippen LogP contribution in [0.2, 0.25) is 0 Å². The number of halogens is 1. The van der Waals surface area contributed by atoms with Crippen LogP contribution in [-0.4, -0.2) is 29.7 Å². The van der Waals surface area contributed by atoms with Crippen LogP contribution in [0.5, 0.6) is 0 Å². The Morgan fingerprint density at radius 3 is 2.67 bits per heavy atom. The van der Waals surface area contributed by atoms with Crippen molar-refractivity contribution in [1.82, 2.24) is 20.8 Å². The molecule has 0 aromatic carbocycles. The van der Waals surface area contributed by atoms with Crippen molar-refractivity contribution in [3.8, 4) is 0 Å². The first kappa shape index (κ1) is 17.1. The van der Waals surface area contributed by atoms with E-state index in [1.54, 1.807) is 14.0 Å². The van der Waals surface area contributed by atoms with Crippen LogP contribution in [0, 0.1) is 6.92 Å². The number of guanidine groups is 1. The molecule has 0 fully saturated rings. The Kier molecular flexibility index (Phi) is 9.62. The molecule has 0 aliphatic carbocycles. The average Bonchev–Trinajstić information content (AvgIpc) is 2.74. The quantitative estimate of drug-likeness (QED) is 0.347. The zero-order valence-electron chi connectivity index (χ0n) is 11.2. The standard InChI is InChI=1S/C11H21N5O.HI/c1-4-5-6-7-13-11(12-3)14-8-10-15-9(2)16-17-10;/h4-8H2,1-3H3,(H2,12,13,14);1H. The van der Waals surface area contributed by atoms with Crippen LogP contribution < -0.4 is 10.6 Å². The normalized spacial score (nSPS) is 10.9. The topological polar surface area (TPSA) is 75.3 Å². The van der Waals surface area contributed by atoms with Gasteiger partial charge in [-0.1, -0.05) is 24.9 Å². The summed E-state index contributed by atoms with van der Waals surface area (Å²) in [7, 11) is 1.74. The summed E-state index contributed by atoms with van der Waals surface area (Å²) < 4.78 is 5.00. The molecule has 18 heavy (non-hydrogen) atoms. The van der Waals surface area contributed by atoms with E-state index in [-0.39, 0.29) is 24.0 Å². The van der Waals surface area contributed by atoms with Crippen LogP contribution in [0.4, 0.5) is 0 Å². The van der Waals surface area contributed by atoms with E-state index in [1.807, 2.05) is 0 Å². The van der Waals surface area contributed by atoms with Crippen LogP contribution in [0.25, 0.3) is 0 Å². The molecule has 0 radical (unpaired) electrons. The number of rotatable bonds is 6. The number of nitrogens with one attached hydrogen (secondary N) is 2. The van der Waals surface area contributed by atoms with Crippen molar-refractivity contribution in [3.63, 3.8) is 0 Å². The van der Waals surface area contributed by atoms with Crippen molar-refractivity contribution in [3.05, 3.63) is 11.7 Å². The van der Waals surface area contributed by atoms with E-state index in [2.05, 4.69) is 32.7 Å². The van der Waals surface area contributed by atoms with Gasteiger partial charge in [0.15, 0.2) is 11.8 Å². The number of nitrogens with zero attached hydrogens (tertiary/aromatic N) is 3. The van der Waals surface area contributed by atoms with Crippen molar-refractivity contribution in [2.75, 3.05) is 13.6 Å². The summed E-state index contributed by atoms with van der Waals surface area (Å²) in [5.41, 5.74) is 0. The Labute approximate surface area is 125 Å². The number of aliphatic imine (C=N–C) groups is 1. The summed E-state index contributed by atoms with van der Waals surface area (Å²) in [5, 5.41) is 10.1. The van der Waals surface area contributed by atoms with Crippen molar-refractivity contribution >= 4 is 29.9 Å². The van der Waals surface area contributed by atoms with E-state index < -0.39 is 0 Å². The van der Waals surface area contributed by atoms with Gasteiger partial charge in [-0.3, -0.25) is 4.99 Å². The molecule has 0 atom stereocenters. The molecule has 0 amide bonds. The average molecular weight is 367 g/mol. The monoisotopic (exact) mass is 367 g/mol. The molecule has 0 bridgehead atoms. The Morgan fingerprint density at radius 1 is 1.33 bits per heavy atom. The minimum Gasteiger partial charge on any atom is -0.356 e. The Balaban J connectivity index is 0.00000289. The van der Waals surface area contributed by atoms with Gasteiger partial charge in [-0.15, -0.1) is 24.0 Å². The molecule has 0 spiro atoms. The molecular formula is C11H22IN5O. The molecule has 1 aromatic rings. The Hall–Kier alpha value is -0.860. The summed E-state index contributed by atoms with van der Waals surface area (Å²) in [6, 6.07) is 0. The van der Waals surface area contributed by atoms with E-state index in [9.17, 15) is 0 Å². The fourth-order valence-corrected chi connectivity index (χ4v) is 1.37. The van der Waals surface area contributed by atoms with Crippen LogP contribution in [0.15, 0.2) is 9.52 Å². The molecular weight excluding hydrogens is 345 g/mol. The number of unbranched alkanes of at least 4 members (excludes halogenated alkanes) is 2. The smallest absolute Gasteiger partial charge is 0.246 e. The summed E-state index contributed by atoms with van der Waals surface area (Å²) >= 11 is 0. The van der Waals surface area contributed by atoms with Gasteiger partial charge in [0.25, 0.3) is 0 Å². The molecule has 6 nitrogen and oxygen atoms in total. The van der Waals surface area contributed by atoms with Crippen LogP contribution in [0.1, 0.15) is 37.9 Å². The van der Waals surface area contributed by atoms with Gasteiger partial charge in [0.2, 0.25) is 5.89 Å². The molecule has 0 saturated carbocycles. The van der Waals surface area contributed by atoms with E-state index in [0.29, 0.717) is 18.3 Å². The molecule has 1 heterocycles. The van der Waals surface area contributed by atoms with Gasteiger partial charge in [-0.25, -0.2) is 0 Å². The highest BCUT2D eigenvalue weighted by Crippen LogP contribution is 1.94. The van der Waals surface area contributed by atoms with Gasteiger partial charge < -0.3 is 15.2 Å². The number of hydrogen-bond donors (Lipinski definition) is 2. The minimum absolute atomic E-state index is 0. The molecule has 1 rings (SSSR count). The molecule has 0 saturated heterocycles.